The summed E-state index contributed by atoms with van der Waals surface area (Å²) in [4.78, 5) is 8.12. The second kappa shape index (κ2) is 4.44. The molecule has 1 aromatic rings. The van der Waals surface area contributed by atoms with Crippen LogP contribution in [0.25, 0.3) is 0 Å². The van der Waals surface area contributed by atoms with E-state index in [2.05, 4.69) is 15.4 Å². The van der Waals surface area contributed by atoms with Crippen molar-refractivity contribution in [3.8, 4) is 5.88 Å². The van der Waals surface area contributed by atoms with E-state index in [1.807, 2.05) is 6.92 Å². The van der Waals surface area contributed by atoms with Crippen LogP contribution in [0.1, 0.15) is 24.8 Å². The van der Waals surface area contributed by atoms with E-state index in [1.54, 1.807) is 6.20 Å². The molecule has 0 saturated heterocycles. The third-order valence-electron chi connectivity index (χ3n) is 2.52. The molecule has 3 N–H and O–H groups in total. The van der Waals surface area contributed by atoms with Crippen molar-refractivity contribution in [3.63, 3.8) is 0 Å². The molecule has 1 aromatic heterocycles. The number of hydrogen-bond donors (Lipinski definition) is 2. The van der Waals surface area contributed by atoms with E-state index < -0.39 is 0 Å². The Labute approximate surface area is 89.0 Å². The normalized spacial score (nSPS) is 15.1. The smallest absolute Gasteiger partial charge is 0.240 e. The molecule has 15 heavy (non-hydrogen) atoms. The van der Waals surface area contributed by atoms with Gasteiger partial charge < -0.3 is 4.74 Å². The molecule has 1 heterocycles. The van der Waals surface area contributed by atoms with Gasteiger partial charge in [0.15, 0.2) is 0 Å². The summed E-state index contributed by atoms with van der Waals surface area (Å²) in [7, 11) is 0. The maximum absolute atomic E-state index is 5.58. The zero-order valence-corrected chi connectivity index (χ0v) is 8.86. The molecule has 0 aromatic carbocycles. The summed E-state index contributed by atoms with van der Waals surface area (Å²) >= 11 is 0. The molecule has 5 heteroatoms. The van der Waals surface area contributed by atoms with Gasteiger partial charge in [0.25, 0.3) is 0 Å². The Morgan fingerprint density at radius 1 is 1.60 bits per heavy atom. The third kappa shape index (κ3) is 2.79. The maximum atomic E-state index is 5.58. The van der Waals surface area contributed by atoms with E-state index in [9.17, 15) is 0 Å². The van der Waals surface area contributed by atoms with Crippen molar-refractivity contribution in [1.82, 2.24) is 9.97 Å². The molecule has 1 saturated carbocycles. The second-order valence-corrected chi connectivity index (χ2v) is 3.91. The number of hydrogen-bond acceptors (Lipinski definition) is 5. The number of ether oxygens (including phenoxy) is 1. The highest BCUT2D eigenvalue weighted by Gasteiger charge is 2.20. The summed E-state index contributed by atoms with van der Waals surface area (Å²) in [6.45, 7) is 2.65. The Balaban J connectivity index is 1.92. The van der Waals surface area contributed by atoms with Gasteiger partial charge in [-0.25, -0.2) is 10.8 Å². The summed E-state index contributed by atoms with van der Waals surface area (Å²) in [6, 6.07) is 0. The molecule has 0 amide bonds. The topological polar surface area (TPSA) is 73.1 Å². The lowest BCUT2D eigenvalue weighted by Crippen LogP contribution is -2.12. The van der Waals surface area contributed by atoms with Crippen LogP contribution in [0.5, 0.6) is 5.88 Å². The van der Waals surface area contributed by atoms with Crippen molar-refractivity contribution in [2.45, 2.75) is 26.2 Å². The number of nitrogens with two attached hydrogens (primary N) is 1. The molecule has 0 spiro atoms. The first-order valence-electron chi connectivity index (χ1n) is 5.22. The molecule has 0 bridgehead atoms. The fourth-order valence-corrected chi connectivity index (χ4v) is 1.37. The summed E-state index contributed by atoms with van der Waals surface area (Å²) in [5.41, 5.74) is 3.34. The van der Waals surface area contributed by atoms with Crippen LogP contribution in [0, 0.1) is 12.8 Å². The Hall–Kier alpha value is -1.36. The van der Waals surface area contributed by atoms with E-state index in [0.717, 1.165) is 24.5 Å². The van der Waals surface area contributed by atoms with Crippen molar-refractivity contribution >= 4 is 5.95 Å². The molecule has 1 fully saturated rings. The number of nitrogens with one attached hydrogen (secondary N) is 1. The Bertz CT molecular complexity index is 338. The highest BCUT2D eigenvalue weighted by molar-refractivity contribution is 5.31. The first-order valence-corrected chi connectivity index (χ1v) is 5.22. The van der Waals surface area contributed by atoms with Crippen molar-refractivity contribution < 1.29 is 4.74 Å². The highest BCUT2D eigenvalue weighted by atomic mass is 16.5. The molecular formula is C10H16N4O. The zero-order chi connectivity index (χ0) is 10.7. The number of hydrazine groups is 1. The second-order valence-electron chi connectivity index (χ2n) is 3.91. The van der Waals surface area contributed by atoms with Crippen LogP contribution in [-0.4, -0.2) is 16.6 Å². The van der Waals surface area contributed by atoms with Crippen molar-refractivity contribution in [2.75, 3.05) is 12.0 Å². The highest BCUT2D eigenvalue weighted by Crippen LogP contribution is 2.32. The quantitative estimate of drug-likeness (QED) is 0.562. The van der Waals surface area contributed by atoms with Crippen LogP contribution < -0.4 is 16.0 Å². The summed E-state index contributed by atoms with van der Waals surface area (Å²) < 4.78 is 5.58. The molecule has 1 aliphatic carbocycles. The number of aryl methyl sites for hydroxylation is 1. The molecule has 0 aliphatic heterocycles. The minimum absolute atomic E-state index is 0.391. The lowest BCUT2D eigenvalue weighted by atomic mass is 10.3. The van der Waals surface area contributed by atoms with Crippen LogP contribution in [-0.2, 0) is 0 Å². The maximum Gasteiger partial charge on any atom is 0.240 e. The molecule has 0 radical (unpaired) electrons. The fourth-order valence-electron chi connectivity index (χ4n) is 1.37. The number of nitrogens with zero attached hydrogens (tertiary/aromatic N) is 2. The van der Waals surface area contributed by atoms with Gasteiger partial charge in [-0.15, -0.1) is 0 Å². The first-order chi connectivity index (χ1) is 7.29. The van der Waals surface area contributed by atoms with Crippen LogP contribution in [0.2, 0.25) is 0 Å². The van der Waals surface area contributed by atoms with E-state index in [4.69, 9.17) is 10.6 Å². The molecule has 82 valence electrons. The van der Waals surface area contributed by atoms with E-state index in [1.165, 1.54) is 12.8 Å². The van der Waals surface area contributed by atoms with Crippen LogP contribution in [0.15, 0.2) is 6.20 Å². The van der Waals surface area contributed by atoms with Gasteiger partial charge in [-0.05, 0) is 19.3 Å². The van der Waals surface area contributed by atoms with Gasteiger partial charge in [0.1, 0.15) is 0 Å². The summed E-state index contributed by atoms with van der Waals surface area (Å²) in [6.07, 6.45) is 5.52. The van der Waals surface area contributed by atoms with Crippen LogP contribution >= 0.6 is 0 Å². The fraction of sp³-hybridized carbons (Fsp3) is 0.600. The SMILES string of the molecule is Cc1cnc(NN)nc1OCCC1CC1. The molecule has 0 atom stereocenters. The van der Waals surface area contributed by atoms with E-state index >= 15 is 0 Å². The number of anilines is 1. The monoisotopic (exact) mass is 208 g/mol. The molecule has 0 unspecified atom stereocenters. The third-order valence-corrected chi connectivity index (χ3v) is 2.52. The zero-order valence-electron chi connectivity index (χ0n) is 8.86. The average Bonchev–Trinajstić information content (AvgIpc) is 3.05. The molecule has 5 nitrogen and oxygen atoms in total. The van der Waals surface area contributed by atoms with E-state index in [-0.39, 0.29) is 0 Å². The summed E-state index contributed by atoms with van der Waals surface area (Å²) in [5.74, 6) is 7.11. The summed E-state index contributed by atoms with van der Waals surface area (Å²) in [5, 5.41) is 0. The predicted octanol–water partition coefficient (Wildman–Crippen LogP) is 1.25. The van der Waals surface area contributed by atoms with Gasteiger partial charge >= 0.3 is 0 Å². The van der Waals surface area contributed by atoms with Crippen molar-refractivity contribution in [2.24, 2.45) is 11.8 Å². The van der Waals surface area contributed by atoms with Crippen molar-refractivity contribution in [1.29, 1.82) is 0 Å². The Morgan fingerprint density at radius 2 is 2.40 bits per heavy atom. The average molecular weight is 208 g/mol. The van der Waals surface area contributed by atoms with E-state index in [0.29, 0.717) is 11.8 Å². The van der Waals surface area contributed by atoms with Gasteiger partial charge in [0.05, 0.1) is 6.61 Å². The number of rotatable bonds is 5. The minimum Gasteiger partial charge on any atom is -0.477 e. The first kappa shape index (κ1) is 10.2. The van der Waals surface area contributed by atoms with Gasteiger partial charge in [0.2, 0.25) is 11.8 Å². The van der Waals surface area contributed by atoms with Crippen LogP contribution in [0.3, 0.4) is 0 Å². The standard InChI is InChI=1S/C10H16N4O/c1-7-6-12-10(14-11)13-9(7)15-5-4-8-2-3-8/h6,8H,2-5,11H2,1H3,(H,12,13,14). The largest absolute Gasteiger partial charge is 0.477 e. The van der Waals surface area contributed by atoms with Crippen LogP contribution in [0.4, 0.5) is 5.95 Å². The number of aromatic nitrogens is 2. The minimum atomic E-state index is 0.391. The van der Waals surface area contributed by atoms with Gasteiger partial charge in [-0.1, -0.05) is 12.8 Å². The lowest BCUT2D eigenvalue weighted by Gasteiger charge is -2.08. The van der Waals surface area contributed by atoms with Gasteiger partial charge in [-0.3, -0.25) is 5.43 Å². The predicted molar refractivity (Wildman–Crippen MR) is 57.4 cm³/mol. The van der Waals surface area contributed by atoms with Crippen molar-refractivity contribution in [3.05, 3.63) is 11.8 Å². The lowest BCUT2D eigenvalue weighted by molar-refractivity contribution is 0.289. The molecule has 1 aliphatic rings. The molecular weight excluding hydrogens is 192 g/mol. The number of nitrogen functional groups attached to an aromatic ring is 1. The molecule has 2 rings (SSSR count). The van der Waals surface area contributed by atoms with Gasteiger partial charge in [-0.2, -0.15) is 4.98 Å². The Kier molecular flexibility index (Phi) is 3.01. The van der Waals surface area contributed by atoms with Gasteiger partial charge in [0, 0.05) is 11.8 Å². The Morgan fingerprint density at radius 3 is 3.07 bits per heavy atom.